The number of nitrogens with two attached hydrogens (primary N) is 1. The van der Waals surface area contributed by atoms with E-state index in [1.54, 1.807) is 12.3 Å². The van der Waals surface area contributed by atoms with Crippen molar-refractivity contribution in [2.75, 3.05) is 5.32 Å². The second-order valence-electron chi connectivity index (χ2n) is 5.97. The fraction of sp³-hybridized carbons (Fsp3) is 0.100. The van der Waals surface area contributed by atoms with Gasteiger partial charge in [0.15, 0.2) is 0 Å². The number of ether oxygens (including phenoxy) is 1. The van der Waals surface area contributed by atoms with Crippen molar-refractivity contribution in [2.45, 2.75) is 12.8 Å². The van der Waals surface area contributed by atoms with Crippen molar-refractivity contribution in [1.82, 2.24) is 4.98 Å². The van der Waals surface area contributed by atoms with Crippen molar-refractivity contribution in [3.8, 4) is 16.9 Å². The molecule has 3 N–H and O–H groups in total. The average molecular weight is 387 g/mol. The van der Waals surface area contributed by atoms with Crippen LogP contribution in [0.25, 0.3) is 11.1 Å². The second-order valence-corrected chi connectivity index (χ2v) is 5.97. The zero-order valence-corrected chi connectivity index (χ0v) is 14.5. The Morgan fingerprint density at radius 1 is 1.04 bits per heavy atom. The number of anilines is 2. The lowest BCUT2D eigenvalue weighted by molar-refractivity contribution is -0.274. The van der Waals surface area contributed by atoms with E-state index >= 15 is 0 Å². The number of carbonyl (C=O) groups is 1. The van der Waals surface area contributed by atoms with E-state index in [0.29, 0.717) is 11.5 Å². The van der Waals surface area contributed by atoms with Gasteiger partial charge in [0.25, 0.3) is 0 Å². The number of carbonyl (C=O) groups excluding carboxylic acids is 1. The molecule has 0 unspecified atom stereocenters. The van der Waals surface area contributed by atoms with Crippen LogP contribution in [-0.4, -0.2) is 17.3 Å². The number of aromatic nitrogens is 1. The zero-order chi connectivity index (χ0) is 20.1. The van der Waals surface area contributed by atoms with Gasteiger partial charge in [-0.05, 0) is 47.5 Å². The number of primary amides is 1. The summed E-state index contributed by atoms with van der Waals surface area (Å²) in [6, 6.07) is 16.4. The number of rotatable bonds is 6. The van der Waals surface area contributed by atoms with Crippen LogP contribution in [0.3, 0.4) is 0 Å². The van der Waals surface area contributed by atoms with Crippen LogP contribution in [0.5, 0.6) is 5.75 Å². The van der Waals surface area contributed by atoms with E-state index in [4.69, 9.17) is 5.73 Å². The van der Waals surface area contributed by atoms with Gasteiger partial charge in [0, 0.05) is 17.4 Å². The SMILES string of the molecule is NC(=O)Cc1cccc(-c2ccc(Nc3ccc(OC(F)(F)F)cc3)nc2)c1. The summed E-state index contributed by atoms with van der Waals surface area (Å²) >= 11 is 0. The van der Waals surface area contributed by atoms with E-state index in [2.05, 4.69) is 15.0 Å². The largest absolute Gasteiger partial charge is 0.573 e. The van der Waals surface area contributed by atoms with Crippen molar-refractivity contribution in [3.05, 3.63) is 72.4 Å². The first-order valence-corrected chi connectivity index (χ1v) is 8.25. The molecular formula is C20H16F3N3O2. The Morgan fingerprint density at radius 2 is 1.79 bits per heavy atom. The molecule has 8 heteroatoms. The Kier molecular flexibility index (Phi) is 5.49. The highest BCUT2D eigenvalue weighted by atomic mass is 19.4. The topological polar surface area (TPSA) is 77.2 Å². The molecule has 3 rings (SSSR count). The normalized spacial score (nSPS) is 11.1. The molecule has 0 aliphatic heterocycles. The van der Waals surface area contributed by atoms with Crippen LogP contribution in [0.1, 0.15) is 5.56 Å². The van der Waals surface area contributed by atoms with Crippen molar-refractivity contribution >= 4 is 17.4 Å². The molecule has 0 atom stereocenters. The van der Waals surface area contributed by atoms with Crippen molar-refractivity contribution in [3.63, 3.8) is 0 Å². The fourth-order valence-corrected chi connectivity index (χ4v) is 2.59. The Hall–Kier alpha value is -3.55. The van der Waals surface area contributed by atoms with Crippen LogP contribution in [0, 0.1) is 0 Å². The number of benzene rings is 2. The van der Waals surface area contributed by atoms with Crippen LogP contribution in [-0.2, 0) is 11.2 Å². The van der Waals surface area contributed by atoms with Crippen LogP contribution < -0.4 is 15.8 Å². The fourth-order valence-electron chi connectivity index (χ4n) is 2.59. The van der Waals surface area contributed by atoms with Crippen LogP contribution in [0.4, 0.5) is 24.7 Å². The lowest BCUT2D eigenvalue weighted by Gasteiger charge is -2.10. The molecule has 0 aliphatic rings. The van der Waals surface area contributed by atoms with Gasteiger partial charge in [-0.25, -0.2) is 4.98 Å². The maximum absolute atomic E-state index is 12.2. The summed E-state index contributed by atoms with van der Waals surface area (Å²) in [5.74, 6) is -0.166. The number of nitrogens with zero attached hydrogens (tertiary/aromatic N) is 1. The minimum absolute atomic E-state index is 0.162. The first kappa shape index (κ1) is 19.2. The smallest absolute Gasteiger partial charge is 0.406 e. The molecule has 5 nitrogen and oxygen atoms in total. The highest BCUT2D eigenvalue weighted by molar-refractivity contribution is 5.77. The summed E-state index contributed by atoms with van der Waals surface area (Å²) in [7, 11) is 0. The molecule has 0 spiro atoms. The highest BCUT2D eigenvalue weighted by Crippen LogP contribution is 2.26. The van der Waals surface area contributed by atoms with Gasteiger partial charge >= 0.3 is 6.36 Å². The standard InChI is InChI=1S/C20H16F3N3O2/c21-20(22,23)28-17-7-5-16(6-8-17)26-19-9-4-15(12-25-19)14-3-1-2-13(10-14)11-18(24)27/h1-10,12H,11H2,(H2,24,27)(H,25,26). The van der Waals surface area contributed by atoms with E-state index in [-0.39, 0.29) is 12.2 Å². The van der Waals surface area contributed by atoms with E-state index in [1.807, 2.05) is 30.3 Å². The number of pyridine rings is 1. The predicted molar refractivity (Wildman–Crippen MR) is 99.0 cm³/mol. The maximum atomic E-state index is 12.2. The van der Waals surface area contributed by atoms with E-state index in [0.717, 1.165) is 16.7 Å². The van der Waals surface area contributed by atoms with Crippen LogP contribution in [0.15, 0.2) is 66.9 Å². The van der Waals surface area contributed by atoms with Crippen LogP contribution >= 0.6 is 0 Å². The lowest BCUT2D eigenvalue weighted by Crippen LogP contribution is -2.16. The average Bonchev–Trinajstić information content (AvgIpc) is 2.62. The lowest BCUT2D eigenvalue weighted by atomic mass is 10.0. The van der Waals surface area contributed by atoms with Gasteiger partial charge in [-0.2, -0.15) is 0 Å². The molecule has 3 aromatic rings. The molecule has 0 fully saturated rings. The molecule has 2 aromatic carbocycles. The first-order valence-electron chi connectivity index (χ1n) is 8.25. The van der Waals surface area contributed by atoms with E-state index in [1.165, 1.54) is 24.3 Å². The molecule has 0 saturated heterocycles. The molecule has 1 aromatic heterocycles. The van der Waals surface area contributed by atoms with Crippen LogP contribution in [0.2, 0.25) is 0 Å². The summed E-state index contributed by atoms with van der Waals surface area (Å²) in [5, 5.41) is 3.00. The molecule has 1 heterocycles. The first-order chi connectivity index (χ1) is 13.3. The summed E-state index contributed by atoms with van der Waals surface area (Å²) in [6.07, 6.45) is -2.90. The summed E-state index contributed by atoms with van der Waals surface area (Å²) < 4.78 is 40.4. The van der Waals surface area contributed by atoms with Gasteiger partial charge in [0.2, 0.25) is 5.91 Å². The third kappa shape index (κ3) is 5.47. The minimum Gasteiger partial charge on any atom is -0.406 e. The number of alkyl halides is 3. The molecule has 1 amide bonds. The molecule has 0 bridgehead atoms. The van der Waals surface area contributed by atoms with Gasteiger partial charge in [-0.15, -0.1) is 13.2 Å². The number of hydrogen-bond donors (Lipinski definition) is 2. The monoisotopic (exact) mass is 387 g/mol. The Bertz CT molecular complexity index is 956. The van der Waals surface area contributed by atoms with Crippen molar-refractivity contribution < 1.29 is 22.7 Å². The molecule has 0 radical (unpaired) electrons. The van der Waals surface area contributed by atoms with Gasteiger partial charge in [0.1, 0.15) is 11.6 Å². The molecule has 0 aliphatic carbocycles. The highest BCUT2D eigenvalue weighted by Gasteiger charge is 2.30. The molecule has 28 heavy (non-hydrogen) atoms. The maximum Gasteiger partial charge on any atom is 0.573 e. The summed E-state index contributed by atoms with van der Waals surface area (Å²) in [5.41, 5.74) is 8.35. The van der Waals surface area contributed by atoms with Gasteiger partial charge < -0.3 is 15.8 Å². The Labute approximate surface area is 159 Å². The van der Waals surface area contributed by atoms with Crippen molar-refractivity contribution in [2.24, 2.45) is 5.73 Å². The zero-order valence-electron chi connectivity index (χ0n) is 14.5. The molecule has 0 saturated carbocycles. The third-order valence-corrected chi connectivity index (χ3v) is 3.76. The summed E-state index contributed by atoms with van der Waals surface area (Å²) in [6.45, 7) is 0. The summed E-state index contributed by atoms with van der Waals surface area (Å²) in [4.78, 5) is 15.4. The minimum atomic E-state index is -4.72. The van der Waals surface area contributed by atoms with Gasteiger partial charge in [0.05, 0.1) is 6.42 Å². The number of nitrogens with one attached hydrogen (secondary N) is 1. The van der Waals surface area contributed by atoms with E-state index < -0.39 is 12.3 Å². The number of halogens is 3. The second kappa shape index (κ2) is 7.99. The predicted octanol–water partition coefficient (Wildman–Crippen LogP) is 4.42. The Balaban J connectivity index is 1.69. The van der Waals surface area contributed by atoms with Gasteiger partial charge in [-0.3, -0.25) is 4.79 Å². The van der Waals surface area contributed by atoms with E-state index in [9.17, 15) is 18.0 Å². The third-order valence-electron chi connectivity index (χ3n) is 3.76. The van der Waals surface area contributed by atoms with Gasteiger partial charge in [-0.1, -0.05) is 24.3 Å². The number of amides is 1. The number of hydrogen-bond acceptors (Lipinski definition) is 4. The molecular weight excluding hydrogens is 371 g/mol. The molecule has 144 valence electrons. The Morgan fingerprint density at radius 3 is 2.39 bits per heavy atom. The van der Waals surface area contributed by atoms with Crippen molar-refractivity contribution in [1.29, 1.82) is 0 Å². The quantitative estimate of drug-likeness (QED) is 0.657.